The minimum atomic E-state index is -0.311. The molecule has 130 valence electrons. The van der Waals surface area contributed by atoms with Crippen molar-refractivity contribution in [2.45, 2.75) is 38.4 Å². The van der Waals surface area contributed by atoms with Crippen LogP contribution in [0.1, 0.15) is 36.6 Å². The molecule has 2 aromatic heterocycles. The van der Waals surface area contributed by atoms with Gasteiger partial charge in [0.25, 0.3) is 5.91 Å². The zero-order chi connectivity index (χ0) is 17.5. The third kappa shape index (κ3) is 4.67. The van der Waals surface area contributed by atoms with Gasteiger partial charge in [0.1, 0.15) is 5.82 Å². The maximum absolute atomic E-state index is 12.0. The van der Waals surface area contributed by atoms with Gasteiger partial charge in [0, 0.05) is 31.9 Å². The molecule has 2 rings (SSSR count). The lowest BCUT2D eigenvalue weighted by Crippen LogP contribution is -2.27. The van der Waals surface area contributed by atoms with Gasteiger partial charge >= 0.3 is 0 Å². The van der Waals surface area contributed by atoms with Gasteiger partial charge in [-0.2, -0.15) is 0 Å². The van der Waals surface area contributed by atoms with E-state index in [2.05, 4.69) is 43.9 Å². The lowest BCUT2D eigenvalue weighted by Gasteiger charge is -2.11. The van der Waals surface area contributed by atoms with Crippen molar-refractivity contribution in [2.75, 3.05) is 18.5 Å². The number of anilines is 1. The molecule has 2 aromatic rings. The van der Waals surface area contributed by atoms with Crippen LogP contribution in [0.2, 0.25) is 0 Å². The molecule has 0 bridgehead atoms. The molecular formula is C15H23N7OS. The molecule has 9 heteroatoms. The Hall–Kier alpha value is -2.16. The Bertz CT molecular complexity index is 686. The number of amides is 1. The van der Waals surface area contributed by atoms with Crippen molar-refractivity contribution in [3.05, 3.63) is 23.9 Å². The minimum absolute atomic E-state index is 0.135. The molecule has 0 aliphatic rings. The molecule has 0 aromatic carbocycles. The number of carbonyl (C=O) groups is 1. The van der Waals surface area contributed by atoms with Gasteiger partial charge in [-0.15, -0.1) is 10.2 Å². The first kappa shape index (κ1) is 18.2. The molecule has 3 N–H and O–H groups in total. The lowest BCUT2D eigenvalue weighted by molar-refractivity contribution is 0.0949. The average Bonchev–Trinajstić information content (AvgIpc) is 2.93. The number of hydrogen-bond acceptors (Lipinski definition) is 7. The van der Waals surface area contributed by atoms with Gasteiger partial charge < -0.3 is 15.6 Å². The first-order valence-electron chi connectivity index (χ1n) is 7.83. The van der Waals surface area contributed by atoms with Crippen LogP contribution in [-0.4, -0.2) is 43.4 Å². The number of nitrogens with two attached hydrogens (primary N) is 1. The number of rotatable bonds is 8. The van der Waals surface area contributed by atoms with Crippen molar-refractivity contribution in [3.63, 3.8) is 0 Å². The smallest absolute Gasteiger partial charge is 0.273 e. The second kappa shape index (κ2) is 8.62. The molecule has 2 heterocycles. The standard InChI is InChI=1S/C15H23N7OS/c1-10(2)9-22-11(20-21-15(22)24-3)5-4-6-19-14(23)12-13(16)18-8-7-17-12/h7-8,10H,4-6,9H2,1-3H3,(H2,16,18)(H,19,23). The first-order chi connectivity index (χ1) is 11.5. The summed E-state index contributed by atoms with van der Waals surface area (Å²) in [5.74, 6) is 1.29. The predicted octanol–water partition coefficient (Wildman–Crippen LogP) is 1.39. The molecule has 0 unspecified atom stereocenters. The Morgan fingerprint density at radius 2 is 2.08 bits per heavy atom. The molecule has 0 aliphatic heterocycles. The van der Waals surface area contributed by atoms with Gasteiger partial charge in [-0.05, 0) is 18.6 Å². The average molecular weight is 349 g/mol. The van der Waals surface area contributed by atoms with Gasteiger partial charge in [0.05, 0.1) is 0 Å². The number of aryl methyl sites for hydroxylation is 1. The molecule has 0 saturated carbocycles. The van der Waals surface area contributed by atoms with E-state index in [4.69, 9.17) is 5.73 Å². The highest BCUT2D eigenvalue weighted by Crippen LogP contribution is 2.16. The summed E-state index contributed by atoms with van der Waals surface area (Å²) in [7, 11) is 0. The third-order valence-corrected chi connectivity index (χ3v) is 4.00. The van der Waals surface area contributed by atoms with E-state index >= 15 is 0 Å². The van der Waals surface area contributed by atoms with E-state index in [0.29, 0.717) is 12.5 Å². The van der Waals surface area contributed by atoms with Crippen molar-refractivity contribution in [3.8, 4) is 0 Å². The highest BCUT2D eigenvalue weighted by Gasteiger charge is 2.14. The number of nitrogens with zero attached hydrogens (tertiary/aromatic N) is 5. The quantitative estimate of drug-likeness (QED) is 0.547. The summed E-state index contributed by atoms with van der Waals surface area (Å²) < 4.78 is 2.15. The monoisotopic (exact) mass is 349 g/mol. The van der Waals surface area contributed by atoms with Gasteiger partial charge in [0.2, 0.25) is 0 Å². The fourth-order valence-electron chi connectivity index (χ4n) is 2.26. The van der Waals surface area contributed by atoms with E-state index in [9.17, 15) is 4.79 Å². The Labute approximate surface area is 145 Å². The summed E-state index contributed by atoms with van der Waals surface area (Å²) in [6, 6.07) is 0. The van der Waals surface area contributed by atoms with Crippen LogP contribution < -0.4 is 11.1 Å². The SMILES string of the molecule is CSc1nnc(CCCNC(=O)c2nccnc2N)n1CC(C)C. The number of hydrogen-bond donors (Lipinski definition) is 2. The maximum Gasteiger partial charge on any atom is 0.273 e. The van der Waals surface area contributed by atoms with Crippen LogP contribution in [0.15, 0.2) is 17.6 Å². The van der Waals surface area contributed by atoms with Crippen LogP contribution >= 0.6 is 11.8 Å². The normalized spacial score (nSPS) is 11.0. The minimum Gasteiger partial charge on any atom is -0.382 e. The summed E-state index contributed by atoms with van der Waals surface area (Å²) in [6.45, 7) is 5.73. The summed E-state index contributed by atoms with van der Waals surface area (Å²) in [5.41, 5.74) is 5.80. The summed E-state index contributed by atoms with van der Waals surface area (Å²) >= 11 is 1.59. The fraction of sp³-hybridized carbons (Fsp3) is 0.533. The van der Waals surface area contributed by atoms with Crippen LogP contribution in [0.4, 0.5) is 5.82 Å². The molecule has 0 spiro atoms. The Kier molecular flexibility index (Phi) is 6.53. The number of nitrogens with one attached hydrogen (secondary N) is 1. The second-order valence-electron chi connectivity index (χ2n) is 5.76. The first-order valence-corrected chi connectivity index (χ1v) is 9.06. The molecule has 1 amide bonds. The fourth-order valence-corrected chi connectivity index (χ4v) is 2.78. The van der Waals surface area contributed by atoms with Gasteiger partial charge in [0.15, 0.2) is 16.7 Å². The number of thioether (sulfide) groups is 1. The lowest BCUT2D eigenvalue weighted by atomic mass is 10.2. The van der Waals surface area contributed by atoms with Crippen molar-refractivity contribution >= 4 is 23.5 Å². The summed E-state index contributed by atoms with van der Waals surface area (Å²) in [6.07, 6.45) is 6.41. The Morgan fingerprint density at radius 3 is 2.75 bits per heavy atom. The van der Waals surface area contributed by atoms with Crippen molar-refractivity contribution < 1.29 is 4.79 Å². The van der Waals surface area contributed by atoms with E-state index in [1.807, 2.05) is 6.26 Å². The Balaban J connectivity index is 1.87. The Morgan fingerprint density at radius 1 is 1.33 bits per heavy atom. The van der Waals surface area contributed by atoms with Crippen molar-refractivity contribution in [1.29, 1.82) is 0 Å². The predicted molar refractivity (Wildman–Crippen MR) is 93.7 cm³/mol. The van der Waals surface area contributed by atoms with Gasteiger partial charge in [-0.25, -0.2) is 9.97 Å². The van der Waals surface area contributed by atoms with E-state index in [1.54, 1.807) is 11.8 Å². The van der Waals surface area contributed by atoms with Crippen LogP contribution in [0.25, 0.3) is 0 Å². The molecular weight excluding hydrogens is 326 g/mol. The molecule has 0 saturated heterocycles. The van der Waals surface area contributed by atoms with E-state index in [1.165, 1.54) is 12.4 Å². The van der Waals surface area contributed by atoms with Crippen LogP contribution in [-0.2, 0) is 13.0 Å². The van der Waals surface area contributed by atoms with E-state index in [-0.39, 0.29) is 17.4 Å². The third-order valence-electron chi connectivity index (χ3n) is 3.33. The maximum atomic E-state index is 12.0. The van der Waals surface area contributed by atoms with Crippen LogP contribution in [0.3, 0.4) is 0 Å². The largest absolute Gasteiger partial charge is 0.382 e. The highest BCUT2D eigenvalue weighted by molar-refractivity contribution is 7.98. The number of nitrogen functional groups attached to an aromatic ring is 1. The van der Waals surface area contributed by atoms with Crippen molar-refractivity contribution in [2.24, 2.45) is 5.92 Å². The molecule has 24 heavy (non-hydrogen) atoms. The molecule has 0 fully saturated rings. The van der Waals surface area contributed by atoms with Gasteiger partial charge in [-0.3, -0.25) is 4.79 Å². The summed E-state index contributed by atoms with van der Waals surface area (Å²) in [4.78, 5) is 19.8. The van der Waals surface area contributed by atoms with E-state index < -0.39 is 0 Å². The topological polar surface area (TPSA) is 112 Å². The van der Waals surface area contributed by atoms with E-state index in [0.717, 1.165) is 30.4 Å². The van der Waals surface area contributed by atoms with Crippen molar-refractivity contribution in [1.82, 2.24) is 30.0 Å². The zero-order valence-corrected chi connectivity index (χ0v) is 15.0. The van der Waals surface area contributed by atoms with Gasteiger partial charge in [-0.1, -0.05) is 25.6 Å². The summed E-state index contributed by atoms with van der Waals surface area (Å²) in [5, 5.41) is 12.2. The van der Waals surface area contributed by atoms with Crippen LogP contribution in [0.5, 0.6) is 0 Å². The zero-order valence-electron chi connectivity index (χ0n) is 14.2. The molecule has 8 nitrogen and oxygen atoms in total. The number of aromatic nitrogens is 5. The molecule has 0 aliphatic carbocycles. The number of carbonyl (C=O) groups excluding carboxylic acids is 1. The molecule has 0 radical (unpaired) electrons. The highest BCUT2D eigenvalue weighted by atomic mass is 32.2. The molecule has 0 atom stereocenters. The second-order valence-corrected chi connectivity index (χ2v) is 6.53. The van der Waals surface area contributed by atoms with Crippen LogP contribution in [0, 0.1) is 5.92 Å².